The summed E-state index contributed by atoms with van der Waals surface area (Å²) < 4.78 is 13.3. The van der Waals surface area contributed by atoms with Crippen LogP contribution in [-0.2, 0) is 20.1 Å². The molecule has 0 saturated carbocycles. The van der Waals surface area contributed by atoms with Gasteiger partial charge >= 0.3 is 7.12 Å². The van der Waals surface area contributed by atoms with Gasteiger partial charge in [-0.05, 0) is 91.6 Å². The van der Waals surface area contributed by atoms with Gasteiger partial charge in [-0.1, -0.05) is 71.9 Å². The first-order valence-electron chi connectivity index (χ1n) is 15.1. The molecule has 1 fully saturated rings. The maximum absolute atomic E-state index is 6.63. The average Bonchev–Trinajstić information content (AvgIpc) is 3.39. The maximum atomic E-state index is 6.63. The summed E-state index contributed by atoms with van der Waals surface area (Å²) in [5.41, 5.74) is 9.31. The van der Waals surface area contributed by atoms with Gasteiger partial charge < -0.3 is 14.3 Å². The van der Waals surface area contributed by atoms with E-state index >= 15 is 0 Å². The molecule has 0 spiro atoms. The van der Waals surface area contributed by atoms with E-state index in [0.717, 1.165) is 33.3 Å². The molecular formula is C37H43BN2O2. The Bertz CT molecular complexity index is 1790. The first-order chi connectivity index (χ1) is 19.5. The highest BCUT2D eigenvalue weighted by atomic mass is 16.7. The summed E-state index contributed by atoms with van der Waals surface area (Å²) >= 11 is 0. The lowest BCUT2D eigenvalue weighted by Crippen LogP contribution is -2.41. The van der Waals surface area contributed by atoms with Gasteiger partial charge in [-0.25, -0.2) is 0 Å². The topological polar surface area (TPSA) is 47.1 Å². The number of aromatic amines is 1. The molecule has 216 valence electrons. The van der Waals surface area contributed by atoms with E-state index < -0.39 is 18.3 Å². The van der Waals surface area contributed by atoms with E-state index in [0.29, 0.717) is 0 Å². The summed E-state index contributed by atoms with van der Waals surface area (Å²) in [6.45, 7) is 22.1. The molecule has 42 heavy (non-hydrogen) atoms. The lowest BCUT2D eigenvalue weighted by atomic mass is 9.74. The molecule has 5 heteroatoms. The Morgan fingerprint density at radius 2 is 1.26 bits per heavy atom. The number of nitrogens with zero attached hydrogens (tertiary/aromatic N) is 1. The zero-order valence-corrected chi connectivity index (χ0v) is 26.8. The number of hydrogen-bond acceptors (Lipinski definition) is 3. The van der Waals surface area contributed by atoms with E-state index in [1.165, 1.54) is 27.5 Å². The van der Waals surface area contributed by atoms with Crippen molar-refractivity contribution >= 4 is 34.4 Å². The Balaban J connectivity index is 1.66. The molecule has 5 aromatic rings. The quantitative estimate of drug-likeness (QED) is 0.225. The number of rotatable bonds is 3. The molecular weight excluding hydrogens is 515 g/mol. The molecule has 0 atom stereocenters. The highest BCUT2D eigenvalue weighted by Crippen LogP contribution is 2.41. The number of hydrogen-bond donors (Lipinski definition) is 1. The molecule has 0 amide bonds. The van der Waals surface area contributed by atoms with Gasteiger partial charge in [-0.2, -0.15) is 0 Å². The summed E-state index contributed by atoms with van der Waals surface area (Å²) in [6, 6.07) is 24.2. The minimum absolute atomic E-state index is 0.0265. The smallest absolute Gasteiger partial charge is 0.399 e. The van der Waals surface area contributed by atoms with E-state index in [1.807, 2.05) is 18.3 Å². The van der Waals surface area contributed by atoms with Crippen LogP contribution in [-0.4, -0.2) is 28.3 Å². The van der Waals surface area contributed by atoms with Crippen LogP contribution in [0.1, 0.15) is 80.4 Å². The fraction of sp³-hybridized carbons (Fsp3) is 0.378. The molecule has 3 aromatic carbocycles. The van der Waals surface area contributed by atoms with Crippen molar-refractivity contribution in [3.05, 3.63) is 84.1 Å². The maximum Gasteiger partial charge on any atom is 0.497 e. The molecule has 0 unspecified atom stereocenters. The van der Waals surface area contributed by atoms with Crippen molar-refractivity contribution < 1.29 is 9.31 Å². The van der Waals surface area contributed by atoms with E-state index in [4.69, 9.17) is 9.31 Å². The molecule has 3 heterocycles. The molecule has 2 aromatic heterocycles. The first kappa shape index (κ1) is 28.7. The first-order valence-corrected chi connectivity index (χ1v) is 15.1. The van der Waals surface area contributed by atoms with Gasteiger partial charge in [0.15, 0.2) is 0 Å². The molecule has 0 aliphatic carbocycles. The van der Waals surface area contributed by atoms with E-state index in [-0.39, 0.29) is 10.8 Å². The monoisotopic (exact) mass is 558 g/mol. The zero-order chi connectivity index (χ0) is 30.2. The summed E-state index contributed by atoms with van der Waals surface area (Å²) in [5, 5.41) is 2.43. The molecule has 4 nitrogen and oxygen atoms in total. The van der Waals surface area contributed by atoms with Crippen molar-refractivity contribution in [1.29, 1.82) is 0 Å². The average molecular weight is 559 g/mol. The van der Waals surface area contributed by atoms with Crippen molar-refractivity contribution in [3.8, 4) is 22.4 Å². The van der Waals surface area contributed by atoms with Crippen LogP contribution in [0, 0.1) is 0 Å². The molecule has 1 N–H and O–H groups in total. The third kappa shape index (κ3) is 4.87. The Hall–Kier alpha value is -3.41. The Morgan fingerprint density at radius 3 is 1.86 bits per heavy atom. The van der Waals surface area contributed by atoms with Crippen LogP contribution in [0.25, 0.3) is 44.2 Å². The number of pyridine rings is 1. The number of aromatic nitrogens is 2. The highest BCUT2D eigenvalue weighted by Gasteiger charge is 2.52. The summed E-state index contributed by atoms with van der Waals surface area (Å²) in [6.07, 6.45) is 1.85. The third-order valence-electron chi connectivity index (χ3n) is 9.22. The molecule has 0 bridgehead atoms. The zero-order valence-electron chi connectivity index (χ0n) is 26.8. The van der Waals surface area contributed by atoms with Crippen LogP contribution >= 0.6 is 0 Å². The molecule has 1 saturated heterocycles. The second kappa shape index (κ2) is 9.55. The predicted molar refractivity (Wildman–Crippen MR) is 178 cm³/mol. The number of fused-ring (bicyclic) bond motifs is 3. The largest absolute Gasteiger partial charge is 0.497 e. The summed E-state index contributed by atoms with van der Waals surface area (Å²) in [4.78, 5) is 8.50. The third-order valence-corrected chi connectivity index (χ3v) is 9.22. The number of H-pyrrole nitrogens is 1. The van der Waals surface area contributed by atoms with Crippen LogP contribution in [0.2, 0.25) is 0 Å². The van der Waals surface area contributed by atoms with Crippen LogP contribution < -0.4 is 5.46 Å². The van der Waals surface area contributed by atoms with Gasteiger partial charge in [-0.15, -0.1) is 0 Å². The summed E-state index contributed by atoms with van der Waals surface area (Å²) in [7, 11) is -0.467. The number of nitrogens with one attached hydrogen (secondary N) is 1. The SMILES string of the molecule is CC(C)(C)c1cc(B2OC(C)(C)C(C)(C)O2)c2[nH]c3c(-c4cccc(-c5ccccn5)c4)cc(C(C)(C)C)cc3c2c1. The fourth-order valence-electron chi connectivity index (χ4n) is 5.76. The number of benzene rings is 3. The second-order valence-electron chi connectivity index (χ2n) is 14.9. The Kier molecular flexibility index (Phi) is 6.53. The molecule has 6 rings (SSSR count). The van der Waals surface area contributed by atoms with Crippen molar-refractivity contribution in [2.75, 3.05) is 0 Å². The van der Waals surface area contributed by atoms with Crippen LogP contribution in [0.4, 0.5) is 0 Å². The standard InChI is InChI=1S/C37H43BN2O2/c1-34(2,3)25-19-27(23-14-13-15-24(18-23)31-16-11-12-17-39-31)32-28(20-25)29-21-26(35(4,5)6)22-30(33(29)40-32)38-41-36(7,8)37(9,10)42-38/h11-22,40H,1-10H3. The molecule has 0 radical (unpaired) electrons. The van der Waals surface area contributed by atoms with Gasteiger partial charge in [0.25, 0.3) is 0 Å². The Morgan fingerprint density at radius 1 is 0.667 bits per heavy atom. The van der Waals surface area contributed by atoms with Crippen LogP contribution in [0.3, 0.4) is 0 Å². The molecule has 1 aliphatic heterocycles. The van der Waals surface area contributed by atoms with E-state index in [9.17, 15) is 0 Å². The van der Waals surface area contributed by atoms with Crippen LogP contribution in [0.5, 0.6) is 0 Å². The van der Waals surface area contributed by atoms with Crippen molar-refractivity contribution in [2.24, 2.45) is 0 Å². The van der Waals surface area contributed by atoms with Crippen molar-refractivity contribution in [3.63, 3.8) is 0 Å². The lowest BCUT2D eigenvalue weighted by molar-refractivity contribution is 0.00578. The Labute approximate surface area is 251 Å². The van der Waals surface area contributed by atoms with Gasteiger partial charge in [0, 0.05) is 39.1 Å². The van der Waals surface area contributed by atoms with E-state index in [1.54, 1.807) is 0 Å². The predicted octanol–water partition coefficient (Wildman–Crippen LogP) is 8.94. The minimum Gasteiger partial charge on any atom is -0.399 e. The lowest BCUT2D eigenvalue weighted by Gasteiger charge is -2.32. The van der Waals surface area contributed by atoms with Gasteiger partial charge in [0.1, 0.15) is 0 Å². The van der Waals surface area contributed by atoms with E-state index in [2.05, 4.69) is 134 Å². The normalized spacial score (nSPS) is 17.0. The van der Waals surface area contributed by atoms with Gasteiger partial charge in [0.05, 0.1) is 22.4 Å². The van der Waals surface area contributed by atoms with Gasteiger partial charge in [0.2, 0.25) is 0 Å². The summed E-state index contributed by atoms with van der Waals surface area (Å²) in [5.74, 6) is 0. The highest BCUT2D eigenvalue weighted by molar-refractivity contribution is 6.65. The van der Waals surface area contributed by atoms with Crippen molar-refractivity contribution in [1.82, 2.24) is 9.97 Å². The van der Waals surface area contributed by atoms with Crippen LogP contribution in [0.15, 0.2) is 72.9 Å². The second-order valence-corrected chi connectivity index (χ2v) is 14.9. The molecule has 1 aliphatic rings. The van der Waals surface area contributed by atoms with Crippen molar-refractivity contribution in [2.45, 2.75) is 91.3 Å². The minimum atomic E-state index is -0.467. The van der Waals surface area contributed by atoms with Gasteiger partial charge in [-0.3, -0.25) is 4.98 Å². The fourth-order valence-corrected chi connectivity index (χ4v) is 5.76.